The van der Waals surface area contributed by atoms with Gasteiger partial charge in [0.25, 0.3) is 0 Å². The number of esters is 2. The number of carbonyl (C=O) groups is 2. The molecule has 1 aliphatic rings. The first-order valence-corrected chi connectivity index (χ1v) is 9.10. The van der Waals surface area contributed by atoms with E-state index in [4.69, 9.17) is 14.2 Å². The van der Waals surface area contributed by atoms with Crippen molar-refractivity contribution >= 4 is 39.8 Å². The largest absolute Gasteiger partial charge is 0.490 e. The summed E-state index contributed by atoms with van der Waals surface area (Å²) in [7, 11) is 0. The molecule has 1 aliphatic heterocycles. The van der Waals surface area contributed by atoms with Gasteiger partial charge in [0.05, 0.1) is 11.1 Å². The minimum Gasteiger partial charge on any atom is -0.490 e. The van der Waals surface area contributed by atoms with Gasteiger partial charge in [-0.3, -0.25) is 4.79 Å². The van der Waals surface area contributed by atoms with Crippen LogP contribution in [-0.4, -0.2) is 24.4 Å². The molecule has 1 heterocycles. The molecular formula is C20H15BrFNO5. The van der Waals surface area contributed by atoms with Gasteiger partial charge in [-0.1, -0.05) is 0 Å². The van der Waals surface area contributed by atoms with E-state index < -0.39 is 17.8 Å². The number of rotatable bonds is 5. The standard InChI is InChI=1S/C20H15BrFNO5/c1-3-26-17-10-12(8-15(21)18(17)27-11(2)24)9-16-20(25)28-19(23-16)13-4-6-14(22)7-5-13/h4-10H,3H2,1-2H3/b16-9-. The zero-order chi connectivity index (χ0) is 20.3. The van der Waals surface area contributed by atoms with Crippen molar-refractivity contribution in [2.24, 2.45) is 4.99 Å². The van der Waals surface area contributed by atoms with Crippen LogP contribution in [0, 0.1) is 5.82 Å². The van der Waals surface area contributed by atoms with Crippen LogP contribution in [0.2, 0.25) is 0 Å². The summed E-state index contributed by atoms with van der Waals surface area (Å²) in [5.41, 5.74) is 1.15. The van der Waals surface area contributed by atoms with E-state index in [2.05, 4.69) is 20.9 Å². The number of benzene rings is 2. The number of halogens is 2. The smallest absolute Gasteiger partial charge is 0.363 e. The van der Waals surface area contributed by atoms with Gasteiger partial charge in [0.1, 0.15) is 5.82 Å². The first-order valence-electron chi connectivity index (χ1n) is 8.30. The van der Waals surface area contributed by atoms with Crippen LogP contribution >= 0.6 is 15.9 Å². The minimum atomic E-state index is -0.627. The van der Waals surface area contributed by atoms with Gasteiger partial charge in [0.15, 0.2) is 17.2 Å². The molecule has 0 aromatic heterocycles. The summed E-state index contributed by atoms with van der Waals surface area (Å²) in [5.74, 6) is -0.824. The highest BCUT2D eigenvalue weighted by Crippen LogP contribution is 2.38. The van der Waals surface area contributed by atoms with Crippen LogP contribution in [0.1, 0.15) is 25.0 Å². The average molecular weight is 448 g/mol. The fraction of sp³-hybridized carbons (Fsp3) is 0.150. The van der Waals surface area contributed by atoms with E-state index in [1.807, 2.05) is 0 Å². The second-order valence-corrected chi connectivity index (χ2v) is 6.55. The number of nitrogens with zero attached hydrogens (tertiary/aromatic N) is 1. The molecule has 0 fully saturated rings. The fourth-order valence-electron chi connectivity index (χ4n) is 2.46. The Morgan fingerprint density at radius 3 is 2.64 bits per heavy atom. The molecule has 2 aromatic rings. The molecule has 144 valence electrons. The molecule has 0 saturated carbocycles. The van der Waals surface area contributed by atoms with E-state index in [1.54, 1.807) is 19.1 Å². The van der Waals surface area contributed by atoms with Crippen molar-refractivity contribution in [2.75, 3.05) is 6.61 Å². The summed E-state index contributed by atoms with van der Waals surface area (Å²) in [4.78, 5) is 27.6. The molecular weight excluding hydrogens is 433 g/mol. The number of aliphatic imine (C=N–C) groups is 1. The van der Waals surface area contributed by atoms with Crippen molar-refractivity contribution in [3.63, 3.8) is 0 Å². The van der Waals surface area contributed by atoms with Crippen LogP contribution in [0.15, 0.2) is 51.6 Å². The quantitative estimate of drug-likeness (QED) is 0.389. The zero-order valence-electron chi connectivity index (χ0n) is 15.0. The van der Waals surface area contributed by atoms with Gasteiger partial charge in [-0.25, -0.2) is 14.2 Å². The van der Waals surface area contributed by atoms with Crippen molar-refractivity contribution in [1.82, 2.24) is 0 Å². The lowest BCUT2D eigenvalue weighted by molar-refractivity contribution is -0.132. The van der Waals surface area contributed by atoms with Crippen LogP contribution in [0.5, 0.6) is 11.5 Å². The van der Waals surface area contributed by atoms with E-state index in [0.29, 0.717) is 28.0 Å². The highest BCUT2D eigenvalue weighted by Gasteiger charge is 2.24. The SMILES string of the molecule is CCOc1cc(/C=C2\N=C(c3ccc(F)cc3)OC2=O)cc(Br)c1OC(C)=O. The molecule has 3 rings (SSSR count). The maximum atomic E-state index is 13.1. The molecule has 28 heavy (non-hydrogen) atoms. The molecule has 0 aliphatic carbocycles. The first kappa shape index (κ1) is 19.8. The number of hydrogen-bond acceptors (Lipinski definition) is 6. The number of ether oxygens (including phenoxy) is 3. The Morgan fingerprint density at radius 2 is 2.00 bits per heavy atom. The highest BCUT2D eigenvalue weighted by atomic mass is 79.9. The third-order valence-electron chi connectivity index (χ3n) is 3.59. The van der Waals surface area contributed by atoms with Crippen LogP contribution in [0.25, 0.3) is 6.08 Å². The zero-order valence-corrected chi connectivity index (χ0v) is 16.6. The van der Waals surface area contributed by atoms with E-state index >= 15 is 0 Å². The van der Waals surface area contributed by atoms with Crippen LogP contribution in [0.4, 0.5) is 4.39 Å². The maximum absolute atomic E-state index is 13.1. The molecule has 0 bridgehead atoms. The van der Waals surface area contributed by atoms with Gasteiger partial charge in [-0.2, -0.15) is 0 Å². The van der Waals surface area contributed by atoms with Crippen molar-refractivity contribution in [2.45, 2.75) is 13.8 Å². The Balaban J connectivity index is 1.96. The summed E-state index contributed by atoms with van der Waals surface area (Å²) in [6.45, 7) is 3.44. The van der Waals surface area contributed by atoms with E-state index in [-0.39, 0.29) is 17.3 Å². The van der Waals surface area contributed by atoms with Gasteiger partial charge >= 0.3 is 11.9 Å². The topological polar surface area (TPSA) is 74.2 Å². The van der Waals surface area contributed by atoms with Gasteiger partial charge < -0.3 is 14.2 Å². The predicted molar refractivity (Wildman–Crippen MR) is 104 cm³/mol. The van der Waals surface area contributed by atoms with Gasteiger partial charge in [-0.05, 0) is 70.9 Å². The Kier molecular flexibility index (Phi) is 5.89. The molecule has 0 N–H and O–H groups in total. The van der Waals surface area contributed by atoms with E-state index in [1.165, 1.54) is 37.3 Å². The fourth-order valence-corrected chi connectivity index (χ4v) is 3.00. The van der Waals surface area contributed by atoms with Crippen molar-refractivity contribution in [3.05, 3.63) is 63.5 Å². The lowest BCUT2D eigenvalue weighted by atomic mass is 10.1. The minimum absolute atomic E-state index is 0.0777. The summed E-state index contributed by atoms with van der Waals surface area (Å²) >= 11 is 3.34. The second-order valence-electron chi connectivity index (χ2n) is 5.70. The summed E-state index contributed by atoms with van der Waals surface area (Å²) < 4.78 is 29.4. The van der Waals surface area contributed by atoms with Crippen LogP contribution in [0.3, 0.4) is 0 Å². The van der Waals surface area contributed by atoms with Gasteiger partial charge in [0.2, 0.25) is 5.90 Å². The monoisotopic (exact) mass is 447 g/mol. The van der Waals surface area contributed by atoms with Crippen molar-refractivity contribution in [1.29, 1.82) is 0 Å². The molecule has 0 unspecified atom stereocenters. The first-order chi connectivity index (χ1) is 13.4. The molecule has 0 amide bonds. The Bertz CT molecular complexity index is 998. The molecule has 6 nitrogen and oxygen atoms in total. The molecule has 0 saturated heterocycles. The number of carbonyl (C=O) groups excluding carboxylic acids is 2. The second kappa shape index (κ2) is 8.35. The summed E-state index contributed by atoms with van der Waals surface area (Å²) in [6, 6.07) is 8.74. The maximum Gasteiger partial charge on any atom is 0.363 e. The Labute approximate surface area is 168 Å². The summed E-state index contributed by atoms with van der Waals surface area (Å²) in [5, 5.41) is 0. The lowest BCUT2D eigenvalue weighted by Gasteiger charge is -2.12. The van der Waals surface area contributed by atoms with Crippen LogP contribution < -0.4 is 9.47 Å². The molecule has 0 spiro atoms. The molecule has 2 aromatic carbocycles. The third kappa shape index (κ3) is 4.45. The molecule has 0 atom stereocenters. The highest BCUT2D eigenvalue weighted by molar-refractivity contribution is 9.10. The van der Waals surface area contributed by atoms with Gasteiger partial charge in [0, 0.05) is 12.5 Å². The molecule has 0 radical (unpaired) electrons. The predicted octanol–water partition coefficient (Wildman–Crippen LogP) is 4.26. The molecule has 8 heteroatoms. The third-order valence-corrected chi connectivity index (χ3v) is 4.18. The number of cyclic esters (lactones) is 1. The lowest BCUT2D eigenvalue weighted by Crippen LogP contribution is -2.06. The normalized spacial score (nSPS) is 14.6. The Morgan fingerprint density at radius 1 is 1.29 bits per heavy atom. The number of hydrogen-bond donors (Lipinski definition) is 0. The van der Waals surface area contributed by atoms with Crippen molar-refractivity contribution < 1.29 is 28.2 Å². The average Bonchev–Trinajstić information content (AvgIpc) is 2.99. The summed E-state index contributed by atoms with van der Waals surface area (Å²) in [6.07, 6.45) is 1.52. The Hall–Kier alpha value is -3.00. The van der Waals surface area contributed by atoms with E-state index in [0.717, 1.165) is 0 Å². The van der Waals surface area contributed by atoms with Crippen molar-refractivity contribution in [3.8, 4) is 11.5 Å². The van der Waals surface area contributed by atoms with E-state index in [9.17, 15) is 14.0 Å². The van der Waals surface area contributed by atoms with Crippen LogP contribution in [-0.2, 0) is 14.3 Å². The van der Waals surface area contributed by atoms with Gasteiger partial charge in [-0.15, -0.1) is 0 Å².